The molecule has 0 saturated carbocycles. The fourth-order valence-corrected chi connectivity index (χ4v) is 3.47. The van der Waals surface area contributed by atoms with E-state index in [-0.39, 0.29) is 5.82 Å². The molecule has 0 fully saturated rings. The summed E-state index contributed by atoms with van der Waals surface area (Å²) >= 11 is 0. The highest BCUT2D eigenvalue weighted by Gasteiger charge is 2.22. The van der Waals surface area contributed by atoms with Gasteiger partial charge in [-0.2, -0.15) is 0 Å². The second kappa shape index (κ2) is 5.21. The second-order valence-electron chi connectivity index (χ2n) is 5.97. The Hall–Kier alpha value is -2.20. The van der Waals surface area contributed by atoms with E-state index >= 15 is 0 Å². The molecule has 1 aliphatic rings. The number of aromatic nitrogens is 2. The summed E-state index contributed by atoms with van der Waals surface area (Å²) in [6.07, 6.45) is 5.77. The van der Waals surface area contributed by atoms with E-state index in [9.17, 15) is 4.39 Å². The third kappa shape index (κ3) is 2.11. The van der Waals surface area contributed by atoms with Gasteiger partial charge in [0.2, 0.25) is 0 Å². The van der Waals surface area contributed by atoms with Crippen molar-refractivity contribution in [3.8, 4) is 5.69 Å². The lowest BCUT2D eigenvalue weighted by molar-refractivity contribution is 0.333. The summed E-state index contributed by atoms with van der Waals surface area (Å²) in [6, 6.07) is 9.09. The molecular weight excluding hydrogens is 277 g/mol. The minimum absolute atomic E-state index is 0.175. The summed E-state index contributed by atoms with van der Waals surface area (Å²) < 4.78 is 16.0. The van der Waals surface area contributed by atoms with E-state index in [0.29, 0.717) is 0 Å². The molecule has 0 N–H and O–H groups in total. The molecule has 3 nitrogen and oxygen atoms in total. The SMILES string of the molecule is CN1CCCc2c(c3cc(F)ccc3n2-c2cccnc2)C1. The van der Waals surface area contributed by atoms with Crippen LogP contribution in [0.4, 0.5) is 4.39 Å². The number of rotatable bonds is 1. The van der Waals surface area contributed by atoms with Gasteiger partial charge in [0, 0.05) is 23.8 Å². The van der Waals surface area contributed by atoms with Gasteiger partial charge in [-0.25, -0.2) is 4.39 Å². The van der Waals surface area contributed by atoms with Crippen LogP contribution >= 0.6 is 0 Å². The van der Waals surface area contributed by atoms with Crippen LogP contribution in [-0.4, -0.2) is 28.0 Å². The second-order valence-corrected chi connectivity index (χ2v) is 5.97. The lowest BCUT2D eigenvalue weighted by atomic mass is 10.1. The number of pyridine rings is 1. The van der Waals surface area contributed by atoms with Gasteiger partial charge >= 0.3 is 0 Å². The standard InChI is InChI=1S/C18H18FN3/c1-21-9-3-5-17-16(12-21)15-10-13(19)6-7-18(15)22(17)14-4-2-8-20-11-14/h2,4,6-8,10-11H,3,5,9,12H2,1H3. The van der Waals surface area contributed by atoms with Crippen molar-refractivity contribution >= 4 is 10.9 Å². The number of benzene rings is 1. The van der Waals surface area contributed by atoms with E-state index in [1.54, 1.807) is 12.3 Å². The predicted molar refractivity (Wildman–Crippen MR) is 85.7 cm³/mol. The van der Waals surface area contributed by atoms with E-state index in [4.69, 9.17) is 0 Å². The fourth-order valence-electron chi connectivity index (χ4n) is 3.47. The molecule has 4 rings (SSSR count). The average molecular weight is 295 g/mol. The summed E-state index contributed by atoms with van der Waals surface area (Å²) in [5.41, 5.74) is 4.65. The summed E-state index contributed by atoms with van der Waals surface area (Å²) in [5, 5.41) is 1.02. The Labute approximate surface area is 129 Å². The first-order chi connectivity index (χ1) is 10.7. The lowest BCUT2D eigenvalue weighted by Crippen LogP contribution is -2.17. The highest BCUT2D eigenvalue weighted by Crippen LogP contribution is 2.33. The highest BCUT2D eigenvalue weighted by atomic mass is 19.1. The van der Waals surface area contributed by atoms with Crippen LogP contribution in [0.1, 0.15) is 17.7 Å². The molecule has 0 spiro atoms. The Morgan fingerprint density at radius 1 is 1.23 bits per heavy atom. The minimum Gasteiger partial charge on any atom is -0.312 e. The molecule has 0 saturated heterocycles. The highest BCUT2D eigenvalue weighted by molar-refractivity contribution is 5.87. The molecule has 3 aromatic rings. The first-order valence-corrected chi connectivity index (χ1v) is 7.65. The van der Waals surface area contributed by atoms with Gasteiger partial charge in [0.25, 0.3) is 0 Å². The van der Waals surface area contributed by atoms with Crippen LogP contribution in [0.2, 0.25) is 0 Å². The zero-order valence-electron chi connectivity index (χ0n) is 12.6. The first kappa shape index (κ1) is 13.5. The molecule has 1 aromatic carbocycles. The molecule has 0 bridgehead atoms. The first-order valence-electron chi connectivity index (χ1n) is 7.65. The van der Waals surface area contributed by atoms with Crippen molar-refractivity contribution in [1.29, 1.82) is 0 Å². The van der Waals surface area contributed by atoms with Gasteiger partial charge in [0.05, 0.1) is 17.4 Å². The van der Waals surface area contributed by atoms with Crippen LogP contribution in [0, 0.1) is 5.82 Å². The minimum atomic E-state index is -0.175. The zero-order chi connectivity index (χ0) is 15.1. The van der Waals surface area contributed by atoms with Crippen molar-refractivity contribution in [3.63, 3.8) is 0 Å². The van der Waals surface area contributed by atoms with Crippen LogP contribution in [0.15, 0.2) is 42.7 Å². The molecule has 0 amide bonds. The number of nitrogens with zero attached hydrogens (tertiary/aromatic N) is 3. The van der Waals surface area contributed by atoms with Gasteiger partial charge in [-0.15, -0.1) is 0 Å². The van der Waals surface area contributed by atoms with Crippen molar-refractivity contribution in [2.75, 3.05) is 13.6 Å². The summed E-state index contributed by atoms with van der Waals surface area (Å²) in [7, 11) is 2.13. The Bertz CT molecular complexity index is 823. The molecule has 3 heterocycles. The van der Waals surface area contributed by atoms with Crippen molar-refractivity contribution < 1.29 is 4.39 Å². The van der Waals surface area contributed by atoms with Gasteiger partial charge in [-0.05, 0) is 62.3 Å². The number of fused-ring (bicyclic) bond motifs is 3. The Morgan fingerprint density at radius 3 is 2.95 bits per heavy atom. The normalized spacial score (nSPS) is 15.7. The largest absolute Gasteiger partial charge is 0.312 e. The third-order valence-electron chi connectivity index (χ3n) is 4.43. The van der Waals surface area contributed by atoms with Crippen molar-refractivity contribution in [2.24, 2.45) is 0 Å². The quantitative estimate of drug-likeness (QED) is 0.684. The molecular formula is C18H18FN3. The van der Waals surface area contributed by atoms with Crippen LogP contribution in [0.5, 0.6) is 0 Å². The summed E-state index contributed by atoms with van der Waals surface area (Å²) in [5.74, 6) is -0.175. The van der Waals surface area contributed by atoms with Crippen molar-refractivity contribution in [2.45, 2.75) is 19.4 Å². The molecule has 1 aliphatic heterocycles. The van der Waals surface area contributed by atoms with Crippen LogP contribution in [0.3, 0.4) is 0 Å². The summed E-state index contributed by atoms with van der Waals surface area (Å²) in [4.78, 5) is 6.56. The molecule has 22 heavy (non-hydrogen) atoms. The van der Waals surface area contributed by atoms with Crippen LogP contribution < -0.4 is 0 Å². The molecule has 2 aromatic heterocycles. The fraction of sp³-hybridized carbons (Fsp3) is 0.278. The van der Waals surface area contributed by atoms with Gasteiger partial charge in [-0.1, -0.05) is 0 Å². The monoisotopic (exact) mass is 295 g/mol. The van der Waals surface area contributed by atoms with Gasteiger partial charge in [0.15, 0.2) is 0 Å². The van der Waals surface area contributed by atoms with E-state index in [1.807, 2.05) is 18.3 Å². The zero-order valence-corrected chi connectivity index (χ0v) is 12.6. The maximum atomic E-state index is 13.8. The van der Waals surface area contributed by atoms with E-state index < -0.39 is 0 Å². The van der Waals surface area contributed by atoms with Crippen LogP contribution in [0.25, 0.3) is 16.6 Å². The lowest BCUT2D eigenvalue weighted by Gasteiger charge is -2.12. The van der Waals surface area contributed by atoms with Gasteiger partial charge in [-0.3, -0.25) is 4.98 Å². The molecule has 0 unspecified atom stereocenters. The predicted octanol–water partition coefficient (Wildman–Crippen LogP) is 3.54. The smallest absolute Gasteiger partial charge is 0.123 e. The van der Waals surface area contributed by atoms with E-state index in [0.717, 1.165) is 42.5 Å². The average Bonchev–Trinajstić information content (AvgIpc) is 2.68. The van der Waals surface area contributed by atoms with Gasteiger partial charge in [0.1, 0.15) is 5.82 Å². The van der Waals surface area contributed by atoms with Crippen molar-refractivity contribution in [3.05, 3.63) is 59.8 Å². The molecule has 4 heteroatoms. The summed E-state index contributed by atoms with van der Waals surface area (Å²) in [6.45, 7) is 1.93. The maximum Gasteiger partial charge on any atom is 0.123 e. The Kier molecular flexibility index (Phi) is 3.19. The molecule has 112 valence electrons. The van der Waals surface area contributed by atoms with E-state index in [1.165, 1.54) is 17.3 Å². The molecule has 0 aliphatic carbocycles. The maximum absolute atomic E-state index is 13.8. The molecule has 0 atom stereocenters. The molecule has 0 radical (unpaired) electrons. The third-order valence-corrected chi connectivity index (χ3v) is 4.43. The van der Waals surface area contributed by atoms with Crippen molar-refractivity contribution in [1.82, 2.24) is 14.5 Å². The van der Waals surface area contributed by atoms with Crippen LogP contribution in [-0.2, 0) is 13.0 Å². The Balaban J connectivity index is 2.05. The number of hydrogen-bond donors (Lipinski definition) is 0. The van der Waals surface area contributed by atoms with E-state index in [2.05, 4.69) is 27.6 Å². The van der Waals surface area contributed by atoms with Gasteiger partial charge < -0.3 is 9.47 Å². The number of hydrogen-bond acceptors (Lipinski definition) is 2. The Morgan fingerprint density at radius 2 is 2.14 bits per heavy atom. The number of halogens is 1. The topological polar surface area (TPSA) is 21.1 Å².